The summed E-state index contributed by atoms with van der Waals surface area (Å²) in [5.74, 6) is -4.68. The molecule has 2 heterocycles. The molecule has 2 aromatic heterocycles. The average Bonchev–Trinajstić information content (AvgIpc) is 3.54. The molecule has 0 radical (unpaired) electrons. The molecule has 5 rings (SSSR count). The summed E-state index contributed by atoms with van der Waals surface area (Å²) in [6.07, 6.45) is 4.63. The molecule has 0 aliphatic heterocycles. The lowest BCUT2D eigenvalue weighted by Gasteiger charge is -2.28. The van der Waals surface area contributed by atoms with E-state index in [1.165, 1.54) is 24.5 Å². The summed E-state index contributed by atoms with van der Waals surface area (Å²) >= 11 is 0. The van der Waals surface area contributed by atoms with E-state index in [1.807, 2.05) is 0 Å². The van der Waals surface area contributed by atoms with E-state index in [2.05, 4.69) is 10.1 Å². The summed E-state index contributed by atoms with van der Waals surface area (Å²) < 4.78 is 85.1. The van der Waals surface area contributed by atoms with Crippen LogP contribution in [0.25, 0.3) is 28.1 Å². The molecular formula is C25H19F4N5O4S. The van der Waals surface area contributed by atoms with Gasteiger partial charge >= 0.3 is 0 Å². The van der Waals surface area contributed by atoms with Gasteiger partial charge in [0.15, 0.2) is 11.6 Å². The van der Waals surface area contributed by atoms with Crippen molar-refractivity contribution in [3.63, 3.8) is 0 Å². The minimum absolute atomic E-state index is 0.0126. The minimum atomic E-state index is -4.37. The predicted octanol–water partition coefficient (Wildman–Crippen LogP) is 5.12. The van der Waals surface area contributed by atoms with Crippen molar-refractivity contribution in [2.24, 2.45) is 5.14 Å². The third-order valence-electron chi connectivity index (χ3n) is 6.88. The second-order valence-electron chi connectivity index (χ2n) is 9.15. The Morgan fingerprint density at radius 2 is 1.59 bits per heavy atom. The molecule has 1 fully saturated rings. The van der Waals surface area contributed by atoms with Crippen LogP contribution < -0.4 is 5.14 Å². The Balaban J connectivity index is 1.79. The number of halogens is 4. The zero-order chi connectivity index (χ0) is 28.1. The van der Waals surface area contributed by atoms with Crippen LogP contribution >= 0.6 is 0 Å². The molecule has 14 heteroatoms. The van der Waals surface area contributed by atoms with Crippen LogP contribution in [0.2, 0.25) is 0 Å². The van der Waals surface area contributed by atoms with Crippen LogP contribution in [0.4, 0.5) is 23.2 Å². The molecule has 0 saturated heterocycles. The molecule has 1 saturated carbocycles. The summed E-state index contributed by atoms with van der Waals surface area (Å²) in [7, 11) is -4.37. The Morgan fingerprint density at radius 3 is 2.15 bits per heavy atom. The van der Waals surface area contributed by atoms with E-state index in [-0.39, 0.29) is 24.1 Å². The van der Waals surface area contributed by atoms with Crippen molar-refractivity contribution in [2.75, 3.05) is 0 Å². The van der Waals surface area contributed by atoms with Gasteiger partial charge in [-0.15, -0.1) is 0 Å². The van der Waals surface area contributed by atoms with Crippen molar-refractivity contribution >= 4 is 15.7 Å². The molecule has 1 aliphatic carbocycles. The lowest BCUT2D eigenvalue weighted by atomic mass is 9.91. The van der Waals surface area contributed by atoms with Gasteiger partial charge in [-0.25, -0.2) is 35.8 Å². The number of non-ortho nitro benzene ring substituents is 1. The zero-order valence-electron chi connectivity index (χ0n) is 19.9. The molecule has 202 valence electrons. The number of hydrogen-bond donors (Lipinski definition) is 1. The normalized spacial score (nSPS) is 15.0. The Kier molecular flexibility index (Phi) is 6.47. The molecule has 0 amide bonds. The van der Waals surface area contributed by atoms with Crippen molar-refractivity contribution < 1.29 is 30.9 Å². The van der Waals surface area contributed by atoms with Crippen LogP contribution in [0.1, 0.15) is 31.2 Å². The maximum absolute atomic E-state index is 16.2. The molecule has 0 bridgehead atoms. The van der Waals surface area contributed by atoms with E-state index >= 15 is 4.39 Å². The fraction of sp³-hybridized carbons (Fsp3) is 0.200. The summed E-state index contributed by atoms with van der Waals surface area (Å²) in [6, 6.07) is 5.56. The second-order valence-corrected chi connectivity index (χ2v) is 11.0. The number of primary sulfonamides is 1. The largest absolute Gasteiger partial charge is 0.275 e. The third kappa shape index (κ3) is 4.44. The smallest absolute Gasteiger partial charge is 0.265 e. The van der Waals surface area contributed by atoms with Crippen LogP contribution in [0.5, 0.6) is 0 Å². The zero-order valence-corrected chi connectivity index (χ0v) is 20.8. The van der Waals surface area contributed by atoms with E-state index < -0.39 is 65.5 Å². The maximum atomic E-state index is 16.2. The number of benzene rings is 2. The van der Waals surface area contributed by atoms with Gasteiger partial charge in [-0.3, -0.25) is 15.1 Å². The van der Waals surface area contributed by atoms with Crippen LogP contribution in [0, 0.1) is 33.4 Å². The quantitative estimate of drug-likeness (QED) is 0.197. The molecule has 39 heavy (non-hydrogen) atoms. The van der Waals surface area contributed by atoms with Crippen molar-refractivity contribution in [1.29, 1.82) is 0 Å². The highest BCUT2D eigenvalue weighted by Gasteiger charge is 2.48. The van der Waals surface area contributed by atoms with E-state index in [4.69, 9.17) is 5.14 Å². The molecule has 4 aromatic rings. The highest BCUT2D eigenvalue weighted by atomic mass is 32.2. The summed E-state index contributed by atoms with van der Waals surface area (Å²) in [5.41, 5.74) is -2.34. The molecule has 2 N–H and O–H groups in total. The molecule has 2 aromatic carbocycles. The Hall–Kier alpha value is -4.17. The first-order chi connectivity index (χ1) is 18.4. The fourth-order valence-electron chi connectivity index (χ4n) is 5.05. The van der Waals surface area contributed by atoms with Gasteiger partial charge in [-0.1, -0.05) is 12.8 Å². The van der Waals surface area contributed by atoms with Crippen LogP contribution in [-0.4, -0.2) is 28.1 Å². The van der Waals surface area contributed by atoms with E-state index in [0.717, 1.165) is 18.3 Å². The van der Waals surface area contributed by atoms with Crippen molar-refractivity contribution in [3.8, 4) is 28.1 Å². The average molecular weight is 562 g/mol. The van der Waals surface area contributed by atoms with Crippen LogP contribution in [0.3, 0.4) is 0 Å². The molecule has 0 spiro atoms. The molecule has 9 nitrogen and oxygen atoms in total. The Morgan fingerprint density at radius 1 is 0.974 bits per heavy atom. The van der Waals surface area contributed by atoms with Gasteiger partial charge < -0.3 is 0 Å². The van der Waals surface area contributed by atoms with E-state index in [1.54, 1.807) is 0 Å². The fourth-order valence-corrected chi connectivity index (χ4v) is 6.37. The number of nitro groups is 1. The van der Waals surface area contributed by atoms with Gasteiger partial charge in [0.2, 0.25) is 10.0 Å². The van der Waals surface area contributed by atoms with Crippen LogP contribution in [-0.2, 0) is 14.8 Å². The maximum Gasteiger partial charge on any atom is 0.275 e. The van der Waals surface area contributed by atoms with E-state index in [0.29, 0.717) is 35.2 Å². The third-order valence-corrected chi connectivity index (χ3v) is 8.60. The highest BCUT2D eigenvalue weighted by molar-refractivity contribution is 7.90. The number of hydrogen-bond acceptors (Lipinski definition) is 6. The number of nitrogens with two attached hydrogens (primary N) is 1. The number of aromatic nitrogens is 3. The summed E-state index contributed by atoms with van der Waals surface area (Å²) in [6.45, 7) is 0. The van der Waals surface area contributed by atoms with Crippen molar-refractivity contribution in [2.45, 2.75) is 30.4 Å². The first-order valence-electron chi connectivity index (χ1n) is 11.6. The van der Waals surface area contributed by atoms with Crippen LogP contribution in [0.15, 0.2) is 55.0 Å². The van der Waals surface area contributed by atoms with E-state index in [9.17, 15) is 31.7 Å². The summed E-state index contributed by atoms with van der Waals surface area (Å²) in [5, 5.41) is 20.7. The van der Waals surface area contributed by atoms with Gasteiger partial charge in [-0.2, -0.15) is 5.10 Å². The lowest BCUT2D eigenvalue weighted by molar-refractivity contribution is -0.385. The van der Waals surface area contributed by atoms with Gasteiger partial charge in [0.05, 0.1) is 17.1 Å². The van der Waals surface area contributed by atoms with Gasteiger partial charge in [0.25, 0.3) is 5.69 Å². The molecule has 0 unspecified atom stereocenters. The lowest BCUT2D eigenvalue weighted by Crippen LogP contribution is -2.39. The minimum Gasteiger partial charge on any atom is -0.265 e. The van der Waals surface area contributed by atoms with Gasteiger partial charge in [0, 0.05) is 40.8 Å². The monoisotopic (exact) mass is 561 g/mol. The number of nitro benzene ring substituents is 1. The van der Waals surface area contributed by atoms with Gasteiger partial charge in [-0.05, 0) is 37.1 Å². The first kappa shape index (κ1) is 26.4. The Bertz CT molecular complexity index is 1700. The molecular weight excluding hydrogens is 542 g/mol. The van der Waals surface area contributed by atoms with Crippen molar-refractivity contribution in [3.05, 3.63) is 93.9 Å². The number of pyridine rings is 1. The highest BCUT2D eigenvalue weighted by Crippen LogP contribution is 2.47. The molecule has 0 atom stereocenters. The number of sulfonamides is 1. The van der Waals surface area contributed by atoms with Crippen molar-refractivity contribution in [1.82, 2.24) is 14.8 Å². The second kappa shape index (κ2) is 9.54. The number of rotatable bonds is 6. The SMILES string of the molecule is NS(=O)(=O)C1(c2cc(F)cc(-c3cn(-c4c(F)cc([N+](=O)[O-])cc4F)nc3-c3ccncc3)c2F)CCCC1. The topological polar surface area (TPSA) is 134 Å². The number of nitrogens with zero attached hydrogens (tertiary/aromatic N) is 4. The standard InChI is InChI=1S/C25H19F4N5O4S/c26-15-9-17(22(29)19(10-15)25(39(30,37)38)5-1-2-6-25)18-13-33(32-23(18)14-3-7-31-8-4-14)24-20(27)11-16(34(35)36)12-21(24)28/h3-4,7-13H,1-2,5-6H2,(H2,30,37,38). The Labute approximate surface area is 219 Å². The first-order valence-corrected chi connectivity index (χ1v) is 13.1. The molecule has 1 aliphatic rings. The van der Waals surface area contributed by atoms with Gasteiger partial charge in [0.1, 0.15) is 27.8 Å². The predicted molar refractivity (Wildman–Crippen MR) is 132 cm³/mol. The summed E-state index contributed by atoms with van der Waals surface area (Å²) in [4.78, 5) is 13.9.